The zero-order chi connectivity index (χ0) is 20.7. The van der Waals surface area contributed by atoms with E-state index in [4.69, 9.17) is 14.6 Å². The summed E-state index contributed by atoms with van der Waals surface area (Å²) in [5, 5.41) is 17.9. The van der Waals surface area contributed by atoms with Crippen molar-refractivity contribution in [3.05, 3.63) is 87.6 Å². The minimum absolute atomic E-state index is 0.0360. The summed E-state index contributed by atoms with van der Waals surface area (Å²) < 4.78 is 11.2. The van der Waals surface area contributed by atoms with E-state index in [0.717, 1.165) is 28.3 Å². The molecule has 8 heteroatoms. The van der Waals surface area contributed by atoms with Crippen LogP contribution in [0.3, 0.4) is 0 Å². The van der Waals surface area contributed by atoms with Gasteiger partial charge in [0.1, 0.15) is 5.82 Å². The minimum Gasteiger partial charge on any atom is -0.454 e. The average molecular weight is 402 g/mol. The van der Waals surface area contributed by atoms with Gasteiger partial charge < -0.3 is 9.47 Å². The number of hydrogen-bond acceptors (Lipinski definition) is 7. The highest BCUT2D eigenvalue weighted by Crippen LogP contribution is 2.40. The number of nitro benzene ring substituents is 1. The molecule has 5 rings (SSSR count). The van der Waals surface area contributed by atoms with Crippen molar-refractivity contribution in [2.45, 2.75) is 12.8 Å². The molecule has 150 valence electrons. The Balaban J connectivity index is 1.69. The van der Waals surface area contributed by atoms with Crippen LogP contribution in [-0.4, -0.2) is 29.0 Å². The number of hydrogen-bond donors (Lipinski definition) is 0. The molecular weight excluding hydrogens is 384 g/mol. The molecule has 0 spiro atoms. The van der Waals surface area contributed by atoms with Gasteiger partial charge in [-0.1, -0.05) is 13.0 Å². The van der Waals surface area contributed by atoms with Crippen molar-refractivity contribution in [3.8, 4) is 11.5 Å². The highest BCUT2D eigenvalue weighted by molar-refractivity contribution is 6.14. The lowest BCUT2D eigenvalue weighted by Gasteiger charge is -2.20. The van der Waals surface area contributed by atoms with Gasteiger partial charge in [0.05, 0.1) is 10.6 Å². The average Bonchev–Trinajstić information content (AvgIpc) is 3.18. The van der Waals surface area contributed by atoms with Crippen molar-refractivity contribution >= 4 is 17.2 Å². The number of nitrogens with zero attached hydrogens (tertiary/aromatic N) is 4. The minimum atomic E-state index is -0.410. The summed E-state index contributed by atoms with van der Waals surface area (Å²) in [5.41, 5.74) is 3.51. The molecule has 2 aliphatic heterocycles. The number of anilines is 1. The van der Waals surface area contributed by atoms with Crippen LogP contribution in [0, 0.1) is 10.1 Å². The van der Waals surface area contributed by atoms with Gasteiger partial charge >= 0.3 is 0 Å². The molecule has 1 unspecified atom stereocenters. The second kappa shape index (κ2) is 7.14. The maximum Gasteiger partial charge on any atom is 0.269 e. The summed E-state index contributed by atoms with van der Waals surface area (Å²) in [6.45, 7) is 2.95. The number of pyridine rings is 1. The lowest BCUT2D eigenvalue weighted by Crippen LogP contribution is -2.22. The molecule has 3 aromatic rings. The Morgan fingerprint density at radius 2 is 1.87 bits per heavy atom. The fourth-order valence-electron chi connectivity index (χ4n) is 3.75. The second-order valence-electron chi connectivity index (χ2n) is 7.22. The van der Waals surface area contributed by atoms with E-state index in [1.807, 2.05) is 35.3 Å². The van der Waals surface area contributed by atoms with Crippen LogP contribution in [-0.2, 0) is 0 Å². The zero-order valence-corrected chi connectivity index (χ0v) is 16.2. The molecule has 0 bridgehead atoms. The molecule has 0 amide bonds. The van der Waals surface area contributed by atoms with Crippen molar-refractivity contribution < 1.29 is 14.4 Å². The van der Waals surface area contributed by atoms with Gasteiger partial charge in [0, 0.05) is 41.9 Å². The molecule has 1 atom stereocenters. The predicted octanol–water partition coefficient (Wildman–Crippen LogP) is 4.09. The van der Waals surface area contributed by atoms with E-state index in [2.05, 4.69) is 11.9 Å². The lowest BCUT2D eigenvalue weighted by molar-refractivity contribution is -0.384. The van der Waals surface area contributed by atoms with E-state index in [1.165, 1.54) is 12.1 Å². The van der Waals surface area contributed by atoms with Crippen LogP contribution in [0.2, 0.25) is 0 Å². The first kappa shape index (κ1) is 18.1. The fraction of sp³-hybridized carbons (Fsp3) is 0.182. The van der Waals surface area contributed by atoms with E-state index in [9.17, 15) is 10.1 Å². The summed E-state index contributed by atoms with van der Waals surface area (Å²) >= 11 is 0. The lowest BCUT2D eigenvalue weighted by atomic mass is 9.90. The maximum absolute atomic E-state index is 11.1. The number of ether oxygens (including phenoxy) is 2. The highest BCUT2D eigenvalue weighted by Gasteiger charge is 2.28. The highest BCUT2D eigenvalue weighted by atomic mass is 16.7. The van der Waals surface area contributed by atoms with Crippen LogP contribution < -0.4 is 14.5 Å². The van der Waals surface area contributed by atoms with Gasteiger partial charge in [-0.25, -0.2) is 9.99 Å². The summed E-state index contributed by atoms with van der Waals surface area (Å²) in [6, 6.07) is 16.1. The maximum atomic E-state index is 11.1. The first-order valence-corrected chi connectivity index (χ1v) is 9.56. The third-order valence-corrected chi connectivity index (χ3v) is 5.26. The largest absolute Gasteiger partial charge is 0.454 e. The molecule has 30 heavy (non-hydrogen) atoms. The molecular formula is C22H18N4O4. The van der Waals surface area contributed by atoms with Gasteiger partial charge in [-0.3, -0.25) is 10.1 Å². The van der Waals surface area contributed by atoms with E-state index < -0.39 is 4.92 Å². The van der Waals surface area contributed by atoms with Crippen molar-refractivity contribution in [1.82, 2.24) is 4.98 Å². The van der Waals surface area contributed by atoms with Gasteiger partial charge in [-0.2, -0.15) is 5.10 Å². The normalized spacial score (nSPS) is 17.2. The van der Waals surface area contributed by atoms with Gasteiger partial charge in [-0.05, 0) is 42.0 Å². The van der Waals surface area contributed by atoms with Crippen LogP contribution >= 0.6 is 0 Å². The van der Waals surface area contributed by atoms with Crippen LogP contribution in [0.1, 0.15) is 29.5 Å². The van der Waals surface area contributed by atoms with Gasteiger partial charge in [0.2, 0.25) is 6.79 Å². The van der Waals surface area contributed by atoms with Crippen molar-refractivity contribution in [2.75, 3.05) is 18.3 Å². The van der Waals surface area contributed by atoms with Gasteiger partial charge in [0.25, 0.3) is 5.69 Å². The number of nitro groups is 1. The molecule has 0 saturated carbocycles. The molecule has 1 aromatic heterocycles. The number of non-ortho nitro benzene ring substituents is 1. The fourth-order valence-corrected chi connectivity index (χ4v) is 3.75. The van der Waals surface area contributed by atoms with Crippen molar-refractivity contribution in [1.29, 1.82) is 0 Å². The standard InChI is InChI=1S/C22H18N4O4/c1-14-12-25(21-4-2-3-9-23-21)24-22(15-5-7-16(8-6-15)26(27)28)18-11-20-19(10-17(14)18)29-13-30-20/h2-11,14H,12-13H2,1H3. The van der Waals surface area contributed by atoms with Crippen LogP contribution in [0.15, 0.2) is 65.9 Å². The van der Waals surface area contributed by atoms with Crippen molar-refractivity contribution in [3.63, 3.8) is 0 Å². The van der Waals surface area contributed by atoms with Crippen LogP contribution in [0.5, 0.6) is 11.5 Å². The number of aromatic nitrogens is 1. The number of hydrazone groups is 1. The SMILES string of the molecule is CC1CN(c2ccccn2)N=C(c2ccc([N+](=O)[O-])cc2)c2cc3c(cc21)OCO3. The third-order valence-electron chi connectivity index (χ3n) is 5.26. The molecule has 3 heterocycles. The summed E-state index contributed by atoms with van der Waals surface area (Å²) in [6.07, 6.45) is 1.73. The summed E-state index contributed by atoms with van der Waals surface area (Å²) in [4.78, 5) is 15.1. The van der Waals surface area contributed by atoms with Gasteiger partial charge in [0.15, 0.2) is 11.5 Å². The second-order valence-corrected chi connectivity index (χ2v) is 7.22. The Morgan fingerprint density at radius 1 is 1.10 bits per heavy atom. The Morgan fingerprint density at radius 3 is 2.57 bits per heavy atom. The van der Waals surface area contributed by atoms with E-state index in [-0.39, 0.29) is 18.4 Å². The number of benzene rings is 2. The van der Waals surface area contributed by atoms with E-state index in [1.54, 1.807) is 18.3 Å². The Labute approximate surface area is 172 Å². The van der Waals surface area contributed by atoms with Gasteiger partial charge in [-0.15, -0.1) is 0 Å². The van der Waals surface area contributed by atoms with Crippen LogP contribution in [0.4, 0.5) is 11.5 Å². The quantitative estimate of drug-likeness (QED) is 0.484. The summed E-state index contributed by atoms with van der Waals surface area (Å²) in [5.74, 6) is 2.25. The molecule has 0 N–H and O–H groups in total. The molecule has 2 aliphatic rings. The topological polar surface area (TPSA) is 90.1 Å². The smallest absolute Gasteiger partial charge is 0.269 e. The van der Waals surface area contributed by atoms with E-state index >= 15 is 0 Å². The molecule has 2 aromatic carbocycles. The molecule has 0 aliphatic carbocycles. The Hall–Kier alpha value is -3.94. The molecule has 0 saturated heterocycles. The zero-order valence-electron chi connectivity index (χ0n) is 16.2. The van der Waals surface area contributed by atoms with Crippen LogP contribution in [0.25, 0.3) is 0 Å². The summed E-state index contributed by atoms with van der Waals surface area (Å²) in [7, 11) is 0. The first-order chi connectivity index (χ1) is 14.6. The van der Waals surface area contributed by atoms with Crippen molar-refractivity contribution in [2.24, 2.45) is 5.10 Å². The Kier molecular flexibility index (Phi) is 4.31. The molecule has 8 nitrogen and oxygen atoms in total. The Bertz CT molecular complexity index is 1150. The van der Waals surface area contributed by atoms with E-state index in [0.29, 0.717) is 18.0 Å². The third kappa shape index (κ3) is 3.12. The molecule has 0 fully saturated rings. The molecule has 0 radical (unpaired) electrons. The first-order valence-electron chi connectivity index (χ1n) is 9.56. The number of fused-ring (bicyclic) bond motifs is 2. The predicted molar refractivity (Wildman–Crippen MR) is 111 cm³/mol. The number of rotatable bonds is 3. The monoisotopic (exact) mass is 402 g/mol.